The molecular weight excluding hydrogens is 463 g/mol. The van der Waals surface area contributed by atoms with Crippen molar-refractivity contribution in [3.05, 3.63) is 106 Å². The summed E-state index contributed by atoms with van der Waals surface area (Å²) in [6, 6.07) is 31.1. The van der Waals surface area contributed by atoms with Gasteiger partial charge < -0.3 is 0 Å². The maximum atomic E-state index is 6.35. The zero-order valence-electron chi connectivity index (χ0n) is 15.3. The largest absolute Gasteiger partial charge is 0.0843 e. The molecule has 0 heterocycles. The molecule has 5 aromatic carbocycles. The molecule has 0 nitrogen and oxygen atoms in total. The molecule has 0 amide bonds. The Hall–Kier alpha value is -2.32. The van der Waals surface area contributed by atoms with E-state index >= 15 is 0 Å². The van der Waals surface area contributed by atoms with Crippen LogP contribution in [0.1, 0.15) is 0 Å². The van der Waals surface area contributed by atoms with Gasteiger partial charge >= 0.3 is 0 Å². The van der Waals surface area contributed by atoms with Crippen LogP contribution in [0.4, 0.5) is 0 Å². The summed E-state index contributed by atoms with van der Waals surface area (Å²) in [7, 11) is 0. The summed E-state index contributed by atoms with van der Waals surface area (Å²) < 4.78 is 1.04. The van der Waals surface area contributed by atoms with Crippen molar-refractivity contribution in [1.82, 2.24) is 0 Å². The second-order valence-electron chi connectivity index (χ2n) is 7.01. The fourth-order valence-corrected chi connectivity index (χ4v) is 4.80. The first-order valence-corrected chi connectivity index (χ1v) is 10.8. The van der Waals surface area contributed by atoms with E-state index in [0.717, 1.165) is 25.6 Å². The molecule has 140 valence electrons. The molecule has 0 radical (unpaired) electrons. The standard InChI is InChI=1S/C26H15BrCl2/c27-18-11-12-23-24(15-18)26(17-6-4-8-20(29)14-17)22-10-2-1-9-21(22)25(23)16-5-3-7-19(28)13-16/h1-15H. The van der Waals surface area contributed by atoms with Crippen LogP contribution in [0.3, 0.4) is 0 Å². The van der Waals surface area contributed by atoms with Crippen LogP contribution >= 0.6 is 39.1 Å². The molecule has 0 N–H and O–H groups in total. The Balaban J connectivity index is 2.02. The van der Waals surface area contributed by atoms with Gasteiger partial charge in [-0.05, 0) is 80.2 Å². The van der Waals surface area contributed by atoms with Crippen LogP contribution in [0.5, 0.6) is 0 Å². The maximum absolute atomic E-state index is 6.35. The maximum Gasteiger partial charge on any atom is 0.0412 e. The van der Waals surface area contributed by atoms with Gasteiger partial charge in [-0.25, -0.2) is 0 Å². The third-order valence-electron chi connectivity index (χ3n) is 5.21. The van der Waals surface area contributed by atoms with Crippen LogP contribution in [-0.2, 0) is 0 Å². The third kappa shape index (κ3) is 3.34. The van der Waals surface area contributed by atoms with E-state index in [0.29, 0.717) is 0 Å². The summed E-state index contributed by atoms with van der Waals surface area (Å²) in [5.41, 5.74) is 4.59. The number of halogens is 3. The molecule has 0 saturated heterocycles. The van der Waals surface area contributed by atoms with Gasteiger partial charge in [0.2, 0.25) is 0 Å². The predicted molar refractivity (Wildman–Crippen MR) is 130 cm³/mol. The molecule has 0 fully saturated rings. The van der Waals surface area contributed by atoms with Crippen molar-refractivity contribution < 1.29 is 0 Å². The summed E-state index contributed by atoms with van der Waals surface area (Å²) >= 11 is 16.4. The zero-order valence-corrected chi connectivity index (χ0v) is 18.4. The molecule has 0 aliphatic rings. The van der Waals surface area contributed by atoms with E-state index in [9.17, 15) is 0 Å². The van der Waals surface area contributed by atoms with Crippen molar-refractivity contribution in [3.8, 4) is 22.3 Å². The Labute approximate surface area is 187 Å². The Morgan fingerprint density at radius 2 is 1.00 bits per heavy atom. The summed E-state index contributed by atoms with van der Waals surface area (Å²) in [5, 5.41) is 6.21. The van der Waals surface area contributed by atoms with Crippen LogP contribution in [0.15, 0.2) is 95.5 Å². The van der Waals surface area contributed by atoms with Crippen LogP contribution in [0.25, 0.3) is 43.8 Å². The molecule has 0 saturated carbocycles. The first-order chi connectivity index (χ1) is 14.1. The van der Waals surface area contributed by atoms with Gasteiger partial charge in [0, 0.05) is 14.5 Å². The molecule has 0 aliphatic heterocycles. The van der Waals surface area contributed by atoms with Crippen molar-refractivity contribution in [2.75, 3.05) is 0 Å². The lowest BCUT2D eigenvalue weighted by Gasteiger charge is -2.18. The monoisotopic (exact) mass is 476 g/mol. The van der Waals surface area contributed by atoms with Gasteiger partial charge in [0.05, 0.1) is 0 Å². The van der Waals surface area contributed by atoms with Crippen molar-refractivity contribution in [3.63, 3.8) is 0 Å². The molecule has 0 aromatic heterocycles. The van der Waals surface area contributed by atoms with E-state index in [2.05, 4.69) is 70.5 Å². The predicted octanol–water partition coefficient (Wildman–Crippen LogP) is 9.40. The Kier molecular flexibility index (Phi) is 4.83. The SMILES string of the molecule is Clc1cccc(-c2c3ccccc3c(-c3cccc(Cl)c3)c3cc(Br)ccc23)c1. The summed E-state index contributed by atoms with van der Waals surface area (Å²) in [6.07, 6.45) is 0. The average molecular weight is 478 g/mol. The Morgan fingerprint density at radius 3 is 1.55 bits per heavy atom. The molecule has 0 bridgehead atoms. The minimum absolute atomic E-state index is 0.730. The molecular formula is C26H15BrCl2. The molecule has 0 aliphatic carbocycles. The summed E-state index contributed by atoms with van der Waals surface area (Å²) in [6.45, 7) is 0. The van der Waals surface area contributed by atoms with E-state index in [1.807, 2.05) is 36.4 Å². The normalized spacial score (nSPS) is 11.3. The van der Waals surface area contributed by atoms with Gasteiger partial charge in [-0.3, -0.25) is 0 Å². The van der Waals surface area contributed by atoms with E-state index < -0.39 is 0 Å². The van der Waals surface area contributed by atoms with E-state index in [4.69, 9.17) is 23.2 Å². The van der Waals surface area contributed by atoms with E-state index in [-0.39, 0.29) is 0 Å². The topological polar surface area (TPSA) is 0 Å². The lowest BCUT2D eigenvalue weighted by Crippen LogP contribution is -1.91. The average Bonchev–Trinajstić information content (AvgIpc) is 2.72. The zero-order chi connectivity index (χ0) is 20.0. The second kappa shape index (κ2) is 7.50. The van der Waals surface area contributed by atoms with Gasteiger partial charge in [-0.1, -0.05) is 93.7 Å². The quantitative estimate of drug-likeness (QED) is 0.222. The second-order valence-corrected chi connectivity index (χ2v) is 8.79. The fourth-order valence-electron chi connectivity index (χ4n) is 4.06. The van der Waals surface area contributed by atoms with Crippen molar-refractivity contribution in [1.29, 1.82) is 0 Å². The highest BCUT2D eigenvalue weighted by atomic mass is 79.9. The lowest BCUT2D eigenvalue weighted by atomic mass is 9.86. The van der Waals surface area contributed by atoms with Crippen molar-refractivity contribution in [2.24, 2.45) is 0 Å². The van der Waals surface area contributed by atoms with Crippen molar-refractivity contribution in [2.45, 2.75) is 0 Å². The highest BCUT2D eigenvalue weighted by Gasteiger charge is 2.17. The smallest absolute Gasteiger partial charge is 0.0412 e. The number of fused-ring (bicyclic) bond motifs is 2. The summed E-state index contributed by atoms with van der Waals surface area (Å²) in [4.78, 5) is 0. The molecule has 0 atom stereocenters. The van der Waals surface area contributed by atoms with Gasteiger partial charge in [0.25, 0.3) is 0 Å². The van der Waals surface area contributed by atoms with Gasteiger partial charge in [-0.15, -0.1) is 0 Å². The minimum Gasteiger partial charge on any atom is -0.0843 e. The minimum atomic E-state index is 0.730. The van der Waals surface area contributed by atoms with Crippen LogP contribution < -0.4 is 0 Å². The molecule has 5 rings (SSSR count). The molecule has 3 heteroatoms. The number of hydrogen-bond donors (Lipinski definition) is 0. The van der Waals surface area contributed by atoms with Crippen LogP contribution in [0, 0.1) is 0 Å². The highest BCUT2D eigenvalue weighted by molar-refractivity contribution is 9.10. The van der Waals surface area contributed by atoms with Crippen LogP contribution in [0.2, 0.25) is 10.0 Å². The third-order valence-corrected chi connectivity index (χ3v) is 6.18. The first-order valence-electron chi connectivity index (χ1n) is 9.28. The molecule has 0 spiro atoms. The van der Waals surface area contributed by atoms with Gasteiger partial charge in [-0.2, -0.15) is 0 Å². The Morgan fingerprint density at radius 1 is 0.483 bits per heavy atom. The van der Waals surface area contributed by atoms with Crippen LogP contribution in [-0.4, -0.2) is 0 Å². The van der Waals surface area contributed by atoms with E-state index in [1.54, 1.807) is 0 Å². The number of hydrogen-bond acceptors (Lipinski definition) is 0. The van der Waals surface area contributed by atoms with Gasteiger partial charge in [0.1, 0.15) is 0 Å². The van der Waals surface area contributed by atoms with Gasteiger partial charge in [0.15, 0.2) is 0 Å². The first kappa shape index (κ1) is 18.7. The van der Waals surface area contributed by atoms with E-state index in [1.165, 1.54) is 32.7 Å². The Bertz CT molecular complexity index is 1390. The molecule has 29 heavy (non-hydrogen) atoms. The number of rotatable bonds is 2. The summed E-state index contributed by atoms with van der Waals surface area (Å²) in [5.74, 6) is 0. The fraction of sp³-hybridized carbons (Fsp3) is 0. The molecule has 5 aromatic rings. The van der Waals surface area contributed by atoms with Crippen molar-refractivity contribution >= 4 is 60.7 Å². The molecule has 0 unspecified atom stereocenters. The number of benzene rings is 5. The highest BCUT2D eigenvalue weighted by Crippen LogP contribution is 2.44. The lowest BCUT2D eigenvalue weighted by molar-refractivity contribution is 1.64.